The smallest absolute Gasteiger partial charge is 0.0338 e. The van der Waals surface area contributed by atoms with Crippen LogP contribution < -0.4 is 0 Å². The van der Waals surface area contributed by atoms with Crippen molar-refractivity contribution in [1.82, 2.24) is 0 Å². The zero-order valence-corrected chi connectivity index (χ0v) is 9.67. The van der Waals surface area contributed by atoms with Gasteiger partial charge < -0.3 is 0 Å². The second-order valence-electron chi connectivity index (χ2n) is 5.22. The number of hydrogen-bond acceptors (Lipinski definition) is 1. The van der Waals surface area contributed by atoms with Crippen LogP contribution in [0, 0.1) is 11.8 Å². The molecule has 0 N–H and O–H groups in total. The monoisotopic (exact) mass is 216 g/mol. The summed E-state index contributed by atoms with van der Waals surface area (Å²) in [6.07, 6.45) is 5.95. The normalized spacial score (nSPS) is 41.3. The van der Waals surface area contributed by atoms with Crippen LogP contribution in [0.3, 0.4) is 0 Å². The van der Waals surface area contributed by atoms with E-state index in [0.717, 1.165) is 22.3 Å². The molecule has 1 saturated carbocycles. The third kappa shape index (κ3) is 1.05. The molecule has 1 heteroatoms. The number of benzene rings is 1. The molecule has 1 aromatic rings. The lowest BCUT2D eigenvalue weighted by atomic mass is 9.69. The highest BCUT2D eigenvalue weighted by atomic mass is 32.2. The van der Waals surface area contributed by atoms with Gasteiger partial charge in [0, 0.05) is 10.5 Å². The molecule has 0 unspecified atom stereocenters. The van der Waals surface area contributed by atoms with Crippen LogP contribution in [0.1, 0.15) is 47.3 Å². The molecule has 2 fully saturated rings. The first kappa shape index (κ1) is 8.69. The van der Waals surface area contributed by atoms with Crippen LogP contribution in [0.25, 0.3) is 0 Å². The van der Waals surface area contributed by atoms with Crippen molar-refractivity contribution >= 4 is 11.8 Å². The van der Waals surface area contributed by atoms with Gasteiger partial charge in [0.15, 0.2) is 0 Å². The molecule has 2 bridgehead atoms. The number of fused-ring (bicyclic) bond motifs is 8. The minimum atomic E-state index is 0.858. The fraction of sp³-hybridized carbons (Fsp3) is 0.571. The van der Waals surface area contributed by atoms with Gasteiger partial charge in [-0.2, -0.15) is 0 Å². The standard InChI is InChI=1S/C14H16S/c1-2-6-10-9(5-1)13-11-7-3-4-8-12(11)14(10)15-13/h1-2,5-6,11-14H,3-4,7-8H2/t11-,12+,13+,14-. The van der Waals surface area contributed by atoms with E-state index in [2.05, 4.69) is 36.0 Å². The molecule has 2 heterocycles. The molecular weight excluding hydrogens is 200 g/mol. The maximum atomic E-state index is 2.37. The first-order chi connectivity index (χ1) is 7.45. The highest BCUT2D eigenvalue weighted by molar-refractivity contribution is 8.00. The average molecular weight is 216 g/mol. The molecule has 4 atom stereocenters. The minimum absolute atomic E-state index is 0.858. The molecule has 1 aliphatic carbocycles. The molecule has 0 spiro atoms. The van der Waals surface area contributed by atoms with Gasteiger partial charge in [0.1, 0.15) is 0 Å². The Morgan fingerprint density at radius 2 is 1.40 bits per heavy atom. The summed E-state index contributed by atoms with van der Waals surface area (Å²) < 4.78 is 0. The molecule has 0 amide bonds. The lowest BCUT2D eigenvalue weighted by Crippen LogP contribution is -2.24. The number of thioether (sulfide) groups is 1. The van der Waals surface area contributed by atoms with Gasteiger partial charge in [0.25, 0.3) is 0 Å². The SMILES string of the molecule is c1ccc2c(c1)[C@H]1S[C@@H]2[C@@H]2CCCC[C@@H]21. The van der Waals surface area contributed by atoms with Crippen LogP contribution in [-0.4, -0.2) is 0 Å². The fourth-order valence-corrected chi connectivity index (χ4v) is 6.05. The van der Waals surface area contributed by atoms with Gasteiger partial charge in [0.2, 0.25) is 0 Å². The van der Waals surface area contributed by atoms with Crippen LogP contribution in [-0.2, 0) is 0 Å². The third-order valence-electron chi connectivity index (χ3n) is 4.55. The Balaban J connectivity index is 1.83. The average Bonchev–Trinajstić information content (AvgIpc) is 2.86. The number of hydrogen-bond donors (Lipinski definition) is 0. The van der Waals surface area contributed by atoms with Crippen molar-refractivity contribution < 1.29 is 0 Å². The Labute approximate surface area is 95.5 Å². The fourth-order valence-electron chi connectivity index (χ4n) is 3.94. The topological polar surface area (TPSA) is 0 Å². The van der Waals surface area contributed by atoms with Gasteiger partial charge >= 0.3 is 0 Å². The van der Waals surface area contributed by atoms with Crippen molar-refractivity contribution in [3.8, 4) is 0 Å². The van der Waals surface area contributed by atoms with Crippen molar-refractivity contribution in [2.45, 2.75) is 36.2 Å². The summed E-state index contributed by atoms with van der Waals surface area (Å²) in [5.74, 6) is 2.03. The maximum absolute atomic E-state index is 2.37. The van der Waals surface area contributed by atoms with Gasteiger partial charge in [-0.3, -0.25) is 0 Å². The molecule has 1 saturated heterocycles. The molecule has 0 aromatic heterocycles. The van der Waals surface area contributed by atoms with E-state index in [1.54, 1.807) is 11.1 Å². The summed E-state index contributed by atoms with van der Waals surface area (Å²) in [4.78, 5) is 0. The van der Waals surface area contributed by atoms with Crippen molar-refractivity contribution in [2.24, 2.45) is 11.8 Å². The van der Waals surface area contributed by atoms with Gasteiger partial charge in [-0.25, -0.2) is 0 Å². The Kier molecular flexibility index (Phi) is 1.76. The van der Waals surface area contributed by atoms with Crippen molar-refractivity contribution in [1.29, 1.82) is 0 Å². The van der Waals surface area contributed by atoms with E-state index < -0.39 is 0 Å². The minimum Gasteiger partial charge on any atom is -0.145 e. The van der Waals surface area contributed by atoms with E-state index in [1.165, 1.54) is 25.7 Å². The summed E-state index contributed by atoms with van der Waals surface area (Å²) in [5.41, 5.74) is 3.35. The second kappa shape index (κ2) is 3.04. The Morgan fingerprint density at radius 1 is 0.867 bits per heavy atom. The van der Waals surface area contributed by atoms with Crippen molar-refractivity contribution in [3.63, 3.8) is 0 Å². The molecule has 1 aromatic carbocycles. The summed E-state index contributed by atoms with van der Waals surface area (Å²) in [6, 6.07) is 9.19. The van der Waals surface area contributed by atoms with Crippen LogP contribution in [0.2, 0.25) is 0 Å². The zero-order chi connectivity index (χ0) is 9.83. The molecule has 78 valence electrons. The second-order valence-corrected chi connectivity index (χ2v) is 6.51. The first-order valence-electron chi connectivity index (χ1n) is 6.19. The quantitative estimate of drug-likeness (QED) is 0.622. The van der Waals surface area contributed by atoms with Gasteiger partial charge in [-0.15, -0.1) is 11.8 Å². The zero-order valence-electron chi connectivity index (χ0n) is 8.86. The number of rotatable bonds is 0. The largest absolute Gasteiger partial charge is 0.145 e. The summed E-state index contributed by atoms with van der Waals surface area (Å²) >= 11 is 2.27. The summed E-state index contributed by atoms with van der Waals surface area (Å²) in [6.45, 7) is 0. The highest BCUT2D eigenvalue weighted by Crippen LogP contribution is 2.69. The molecular formula is C14H16S. The Bertz CT molecular complexity index is 361. The van der Waals surface area contributed by atoms with E-state index in [0.29, 0.717) is 0 Å². The predicted molar refractivity (Wildman–Crippen MR) is 65.0 cm³/mol. The maximum Gasteiger partial charge on any atom is 0.0338 e. The van der Waals surface area contributed by atoms with E-state index in [1.807, 2.05) is 0 Å². The van der Waals surface area contributed by atoms with Crippen LogP contribution in [0.5, 0.6) is 0 Å². The Hall–Kier alpha value is -0.430. The molecule has 4 rings (SSSR count). The van der Waals surface area contributed by atoms with Crippen molar-refractivity contribution in [3.05, 3.63) is 35.4 Å². The van der Waals surface area contributed by atoms with Crippen molar-refractivity contribution in [2.75, 3.05) is 0 Å². The van der Waals surface area contributed by atoms with E-state index in [4.69, 9.17) is 0 Å². The molecule has 2 aliphatic heterocycles. The lowest BCUT2D eigenvalue weighted by Gasteiger charge is -2.34. The van der Waals surface area contributed by atoms with Gasteiger partial charge in [-0.05, 0) is 35.8 Å². The predicted octanol–water partition coefficient (Wildman–Crippen LogP) is 4.34. The molecule has 3 aliphatic rings. The van der Waals surface area contributed by atoms with Gasteiger partial charge in [-0.1, -0.05) is 37.1 Å². The summed E-state index contributed by atoms with van der Waals surface area (Å²) in [7, 11) is 0. The van der Waals surface area contributed by atoms with Crippen LogP contribution in [0.15, 0.2) is 24.3 Å². The highest BCUT2D eigenvalue weighted by Gasteiger charge is 2.51. The molecule has 0 nitrogen and oxygen atoms in total. The third-order valence-corrected chi connectivity index (χ3v) is 6.35. The summed E-state index contributed by atoms with van der Waals surface area (Å²) in [5, 5.41) is 1.72. The van der Waals surface area contributed by atoms with E-state index in [9.17, 15) is 0 Å². The van der Waals surface area contributed by atoms with Crippen LogP contribution >= 0.6 is 11.8 Å². The first-order valence-corrected chi connectivity index (χ1v) is 7.14. The van der Waals surface area contributed by atoms with Gasteiger partial charge in [0.05, 0.1) is 0 Å². The lowest BCUT2D eigenvalue weighted by molar-refractivity contribution is 0.234. The van der Waals surface area contributed by atoms with E-state index >= 15 is 0 Å². The van der Waals surface area contributed by atoms with Crippen LogP contribution in [0.4, 0.5) is 0 Å². The molecule has 15 heavy (non-hydrogen) atoms. The molecule has 0 radical (unpaired) electrons. The Morgan fingerprint density at radius 3 is 1.93 bits per heavy atom. The van der Waals surface area contributed by atoms with E-state index in [-0.39, 0.29) is 0 Å².